The second kappa shape index (κ2) is 3.04. The van der Waals surface area contributed by atoms with Crippen molar-refractivity contribution in [3.63, 3.8) is 0 Å². The predicted octanol–water partition coefficient (Wildman–Crippen LogP) is -2.00. The van der Waals surface area contributed by atoms with E-state index in [-0.39, 0.29) is 0 Å². The van der Waals surface area contributed by atoms with Gasteiger partial charge < -0.3 is 5.21 Å². The number of rotatable bonds is 2. The Labute approximate surface area is 36.0 Å². The Bertz CT molecular complexity index is 76.8. The van der Waals surface area contributed by atoms with Crippen LogP contribution >= 0.6 is 0 Å². The summed E-state index contributed by atoms with van der Waals surface area (Å²) in [5.41, 5.74) is 1.22. The molecule has 0 atom stereocenters. The summed E-state index contributed by atoms with van der Waals surface area (Å²) >= 11 is 0. The summed E-state index contributed by atoms with van der Waals surface area (Å²) < 4.78 is 18.6. The molecule has 0 bridgehead atoms. The van der Waals surface area contributed by atoms with E-state index in [9.17, 15) is 8.42 Å². The summed E-state index contributed by atoms with van der Waals surface area (Å²) in [7, 11) is -2.71. The largest absolute Gasteiger partial charge is 0.301 e. The lowest BCUT2D eigenvalue weighted by molar-refractivity contribution is 0.150. The van der Waals surface area contributed by atoms with E-state index in [0.717, 1.165) is 0 Å². The SMILES string of the molecule is O=[SH](=O)NNO. The third-order valence-corrected chi connectivity index (χ3v) is 0.424. The Balaban J connectivity index is 3.07. The van der Waals surface area contributed by atoms with E-state index in [1.54, 1.807) is 0 Å². The molecule has 38 valence electrons. The van der Waals surface area contributed by atoms with Crippen LogP contribution in [0.25, 0.3) is 0 Å². The molecule has 0 aromatic carbocycles. The molecule has 0 heterocycles. The highest BCUT2D eigenvalue weighted by Gasteiger charge is 1.69. The van der Waals surface area contributed by atoms with Crippen LogP contribution in [-0.2, 0) is 10.9 Å². The second-order valence-corrected chi connectivity index (χ2v) is 1.22. The molecule has 6 heavy (non-hydrogen) atoms. The van der Waals surface area contributed by atoms with Crippen LogP contribution in [0, 0.1) is 0 Å². The van der Waals surface area contributed by atoms with Crippen molar-refractivity contribution in [3.05, 3.63) is 0 Å². The van der Waals surface area contributed by atoms with Crippen LogP contribution in [0.15, 0.2) is 0 Å². The van der Waals surface area contributed by atoms with Crippen molar-refractivity contribution in [3.8, 4) is 0 Å². The molecule has 3 N–H and O–H groups in total. The average molecular weight is 112 g/mol. The van der Waals surface area contributed by atoms with Gasteiger partial charge in [-0.15, -0.1) is 10.4 Å². The van der Waals surface area contributed by atoms with E-state index in [2.05, 4.69) is 0 Å². The van der Waals surface area contributed by atoms with Gasteiger partial charge in [0.1, 0.15) is 0 Å². The van der Waals surface area contributed by atoms with Crippen molar-refractivity contribution in [2.75, 3.05) is 0 Å². The van der Waals surface area contributed by atoms with E-state index in [1.165, 1.54) is 10.4 Å². The molecule has 0 fully saturated rings. The van der Waals surface area contributed by atoms with Crippen LogP contribution in [0.3, 0.4) is 0 Å². The van der Waals surface area contributed by atoms with E-state index in [4.69, 9.17) is 5.21 Å². The molecule has 5 nitrogen and oxygen atoms in total. The van der Waals surface area contributed by atoms with Gasteiger partial charge in [0.2, 0.25) is 10.9 Å². The highest BCUT2D eigenvalue weighted by atomic mass is 32.2. The Kier molecular flexibility index (Phi) is 2.95. The molecule has 0 aromatic rings. The summed E-state index contributed by atoms with van der Waals surface area (Å²) in [4.78, 5) is 1.47. The Morgan fingerprint density at radius 3 is 2.00 bits per heavy atom. The lowest BCUT2D eigenvalue weighted by Gasteiger charge is -1.81. The van der Waals surface area contributed by atoms with E-state index < -0.39 is 10.9 Å². The molecule has 6 heteroatoms. The molecule has 0 spiro atoms. The highest BCUT2D eigenvalue weighted by Crippen LogP contribution is 1.34. The van der Waals surface area contributed by atoms with E-state index in [1.807, 2.05) is 0 Å². The molecule has 0 unspecified atom stereocenters. The molecule has 0 aromatic heterocycles. The first-order valence-electron chi connectivity index (χ1n) is 1.06. The Hall–Kier alpha value is -0.170. The summed E-state index contributed by atoms with van der Waals surface area (Å²) in [6.07, 6.45) is 0. The topological polar surface area (TPSA) is 78.4 Å². The Morgan fingerprint density at radius 2 is 2.00 bits per heavy atom. The number of nitrogens with one attached hydrogen (secondary N) is 2. The molecule has 0 aliphatic heterocycles. The first-order chi connectivity index (χ1) is 2.77. The van der Waals surface area contributed by atoms with Gasteiger partial charge in [-0.3, -0.25) is 0 Å². The summed E-state index contributed by atoms with van der Waals surface area (Å²) in [5.74, 6) is 0. The van der Waals surface area contributed by atoms with Gasteiger partial charge in [-0.05, 0) is 0 Å². The van der Waals surface area contributed by atoms with E-state index in [0.29, 0.717) is 0 Å². The number of hydrogen-bond donors (Lipinski definition) is 4. The number of hydrazine groups is 1. The standard InChI is InChI=1S/H4N2O3S/c3-1-2-6(4)5/h1,3,6H,(H,2,4,5). The lowest BCUT2D eigenvalue weighted by Crippen LogP contribution is -2.25. The fraction of sp³-hybridized carbons (Fsp3) is 0. The first kappa shape index (κ1) is 5.83. The van der Waals surface area contributed by atoms with Crippen molar-refractivity contribution in [2.24, 2.45) is 0 Å². The van der Waals surface area contributed by atoms with Crippen LogP contribution < -0.4 is 10.4 Å². The molecule has 0 aliphatic rings. The van der Waals surface area contributed by atoms with Crippen LogP contribution in [0.5, 0.6) is 0 Å². The third kappa shape index (κ3) is 3.83. The zero-order valence-corrected chi connectivity index (χ0v) is 3.61. The molecule has 0 amide bonds. The minimum Gasteiger partial charge on any atom is -0.301 e. The van der Waals surface area contributed by atoms with Gasteiger partial charge in [-0.25, -0.2) is 8.42 Å². The van der Waals surface area contributed by atoms with Crippen molar-refractivity contribution in [1.82, 2.24) is 10.4 Å². The molecular weight excluding hydrogens is 108 g/mol. The summed E-state index contributed by atoms with van der Waals surface area (Å²) in [5, 5.41) is 7.49. The summed E-state index contributed by atoms with van der Waals surface area (Å²) in [6.45, 7) is 0. The van der Waals surface area contributed by atoms with Gasteiger partial charge in [-0.1, -0.05) is 0 Å². The minimum atomic E-state index is -2.71. The molecule has 0 saturated heterocycles. The fourth-order valence-electron chi connectivity index (χ4n) is 0.0408. The molecule has 0 radical (unpaired) electrons. The number of thiol groups is 1. The van der Waals surface area contributed by atoms with Crippen molar-refractivity contribution >= 4 is 10.9 Å². The maximum Gasteiger partial charge on any atom is 0.215 e. The normalized spacial score (nSPS) is 9.67. The van der Waals surface area contributed by atoms with Crippen LogP contribution in [-0.4, -0.2) is 13.6 Å². The lowest BCUT2D eigenvalue weighted by atomic mass is 12.8. The van der Waals surface area contributed by atoms with Gasteiger partial charge in [0.25, 0.3) is 0 Å². The quantitative estimate of drug-likeness (QED) is 0.246. The zero-order chi connectivity index (χ0) is 4.99. The van der Waals surface area contributed by atoms with Crippen molar-refractivity contribution < 1.29 is 13.6 Å². The average Bonchev–Trinajstić information content (AvgIpc) is 1.35. The first-order valence-corrected chi connectivity index (χ1v) is 2.24. The van der Waals surface area contributed by atoms with Gasteiger partial charge in [0.15, 0.2) is 0 Å². The van der Waals surface area contributed by atoms with Gasteiger partial charge >= 0.3 is 0 Å². The Morgan fingerprint density at radius 1 is 1.50 bits per heavy atom. The van der Waals surface area contributed by atoms with Crippen LogP contribution in [0.4, 0.5) is 0 Å². The predicted molar refractivity (Wildman–Crippen MR) is 18.4 cm³/mol. The molecule has 0 rings (SSSR count). The van der Waals surface area contributed by atoms with Crippen LogP contribution in [0.2, 0.25) is 0 Å². The minimum absolute atomic E-state index is 1.22. The maximum absolute atomic E-state index is 9.30. The van der Waals surface area contributed by atoms with Crippen molar-refractivity contribution in [1.29, 1.82) is 0 Å². The second-order valence-electron chi connectivity index (χ2n) is 0.481. The molecule has 0 saturated carbocycles. The molecular formula is H4N2O3S. The summed E-state index contributed by atoms with van der Waals surface area (Å²) in [6, 6.07) is 0. The number of hydrogen-bond acceptors (Lipinski definition) is 4. The van der Waals surface area contributed by atoms with Crippen LogP contribution in [0.1, 0.15) is 0 Å². The van der Waals surface area contributed by atoms with E-state index >= 15 is 0 Å². The molecule has 0 aliphatic carbocycles. The zero-order valence-electron chi connectivity index (χ0n) is 2.71. The maximum atomic E-state index is 9.30. The van der Waals surface area contributed by atoms with Crippen molar-refractivity contribution in [2.45, 2.75) is 0 Å². The smallest absolute Gasteiger partial charge is 0.215 e. The fourth-order valence-corrected chi connectivity index (χ4v) is 0.122. The monoisotopic (exact) mass is 112 g/mol. The van der Waals surface area contributed by atoms with Gasteiger partial charge in [0, 0.05) is 0 Å². The highest BCUT2D eigenvalue weighted by molar-refractivity contribution is 7.70. The third-order valence-electron chi connectivity index (χ3n) is 0.141. The van der Waals surface area contributed by atoms with Gasteiger partial charge in [-0.2, -0.15) is 0 Å². The van der Waals surface area contributed by atoms with Gasteiger partial charge in [0.05, 0.1) is 0 Å².